The fraction of sp³-hybridized carbons (Fsp3) is 0.467. The Hall–Kier alpha value is -1.53. The van der Waals surface area contributed by atoms with Gasteiger partial charge in [-0.15, -0.1) is 0 Å². The van der Waals surface area contributed by atoms with Crippen LogP contribution in [0.2, 0.25) is 0 Å². The minimum absolute atomic E-state index is 0.147. The lowest BCUT2D eigenvalue weighted by atomic mass is 10.2. The van der Waals surface area contributed by atoms with E-state index in [-0.39, 0.29) is 12.0 Å². The lowest BCUT2D eigenvalue weighted by molar-refractivity contribution is 0.0679. The number of carbonyl (C=O) groups is 1. The monoisotopic (exact) mass is 306 g/mol. The zero-order valence-corrected chi connectivity index (χ0v) is 12.5. The van der Waals surface area contributed by atoms with Gasteiger partial charge in [-0.3, -0.25) is 9.79 Å². The summed E-state index contributed by atoms with van der Waals surface area (Å²) >= 11 is 1.57. The van der Waals surface area contributed by atoms with Gasteiger partial charge in [0.15, 0.2) is 5.17 Å². The number of nitrogens with one attached hydrogen (secondary N) is 1. The maximum absolute atomic E-state index is 12.1. The molecule has 1 aromatic rings. The van der Waals surface area contributed by atoms with E-state index in [9.17, 15) is 4.79 Å². The van der Waals surface area contributed by atoms with Gasteiger partial charge in [-0.2, -0.15) is 0 Å². The number of ether oxygens (including phenoxy) is 2. The number of nitrogens with zero attached hydrogens (tertiary/aromatic N) is 1. The van der Waals surface area contributed by atoms with Gasteiger partial charge in [-0.25, -0.2) is 0 Å². The molecule has 1 fully saturated rings. The Kier molecular flexibility index (Phi) is 4.77. The first-order valence-electron chi connectivity index (χ1n) is 7.14. The first kappa shape index (κ1) is 14.4. The Morgan fingerprint density at radius 3 is 3.24 bits per heavy atom. The number of amidine groups is 1. The Bertz CT molecular complexity index is 541. The van der Waals surface area contributed by atoms with E-state index >= 15 is 0 Å². The molecule has 0 bridgehead atoms. The third-order valence-electron chi connectivity index (χ3n) is 3.36. The molecular formula is C15H18N2O3S. The smallest absolute Gasteiger partial charge is 0.257 e. The van der Waals surface area contributed by atoms with Gasteiger partial charge in [-0.05, 0) is 31.0 Å². The van der Waals surface area contributed by atoms with Gasteiger partial charge in [0.1, 0.15) is 12.4 Å². The summed E-state index contributed by atoms with van der Waals surface area (Å²) in [7, 11) is 0. The van der Waals surface area contributed by atoms with Crippen molar-refractivity contribution in [3.8, 4) is 5.75 Å². The Morgan fingerprint density at radius 1 is 1.52 bits per heavy atom. The summed E-state index contributed by atoms with van der Waals surface area (Å²) in [5, 5.41) is 3.51. The molecule has 1 unspecified atom stereocenters. The van der Waals surface area contributed by atoms with Crippen LogP contribution in [0.5, 0.6) is 5.75 Å². The number of thioether (sulfide) groups is 1. The summed E-state index contributed by atoms with van der Waals surface area (Å²) in [5.74, 6) is 1.48. The Balaban J connectivity index is 1.57. The highest BCUT2D eigenvalue weighted by atomic mass is 32.2. The average molecular weight is 306 g/mol. The number of rotatable bonds is 4. The zero-order chi connectivity index (χ0) is 14.5. The summed E-state index contributed by atoms with van der Waals surface area (Å²) in [5.41, 5.74) is 0.579. The lowest BCUT2D eigenvalue weighted by Crippen LogP contribution is -2.27. The van der Waals surface area contributed by atoms with Crippen molar-refractivity contribution < 1.29 is 14.3 Å². The highest BCUT2D eigenvalue weighted by molar-refractivity contribution is 8.14. The molecule has 1 amide bonds. The van der Waals surface area contributed by atoms with Gasteiger partial charge in [0.05, 0.1) is 12.6 Å². The van der Waals surface area contributed by atoms with Gasteiger partial charge in [0, 0.05) is 17.9 Å². The molecule has 2 heterocycles. The van der Waals surface area contributed by atoms with Gasteiger partial charge >= 0.3 is 0 Å². The van der Waals surface area contributed by atoms with E-state index in [0.717, 1.165) is 31.7 Å². The first-order chi connectivity index (χ1) is 10.3. The molecule has 3 rings (SSSR count). The van der Waals surface area contributed by atoms with Crippen LogP contribution in [-0.2, 0) is 4.74 Å². The van der Waals surface area contributed by atoms with Crippen LogP contribution in [0.1, 0.15) is 23.2 Å². The van der Waals surface area contributed by atoms with E-state index in [1.165, 1.54) is 0 Å². The van der Waals surface area contributed by atoms with Crippen LogP contribution in [0.3, 0.4) is 0 Å². The van der Waals surface area contributed by atoms with Crippen LogP contribution in [0, 0.1) is 0 Å². The van der Waals surface area contributed by atoms with E-state index in [1.54, 1.807) is 23.9 Å². The quantitative estimate of drug-likeness (QED) is 0.925. The topological polar surface area (TPSA) is 59.9 Å². The fourth-order valence-corrected chi connectivity index (χ4v) is 3.00. The van der Waals surface area contributed by atoms with Crippen LogP contribution < -0.4 is 10.1 Å². The molecule has 1 saturated heterocycles. The number of aliphatic imine (C=N–C) groups is 1. The van der Waals surface area contributed by atoms with Crippen molar-refractivity contribution in [2.24, 2.45) is 4.99 Å². The van der Waals surface area contributed by atoms with Crippen molar-refractivity contribution in [1.29, 1.82) is 0 Å². The van der Waals surface area contributed by atoms with Gasteiger partial charge in [0.25, 0.3) is 5.91 Å². The normalized spacial score (nSPS) is 21.1. The molecule has 0 saturated carbocycles. The molecule has 6 heteroatoms. The summed E-state index contributed by atoms with van der Waals surface area (Å²) in [6, 6.07) is 7.20. The average Bonchev–Trinajstić information content (AvgIpc) is 3.19. The first-order valence-corrected chi connectivity index (χ1v) is 8.13. The van der Waals surface area contributed by atoms with Crippen LogP contribution in [-0.4, -0.2) is 42.7 Å². The van der Waals surface area contributed by atoms with Crippen molar-refractivity contribution in [1.82, 2.24) is 5.32 Å². The Morgan fingerprint density at radius 2 is 2.48 bits per heavy atom. The second-order valence-electron chi connectivity index (χ2n) is 4.96. The number of benzene rings is 1. The molecule has 112 valence electrons. The maximum atomic E-state index is 12.1. The fourth-order valence-electron chi connectivity index (χ4n) is 2.27. The van der Waals surface area contributed by atoms with Gasteiger partial charge in [-0.1, -0.05) is 17.8 Å². The van der Waals surface area contributed by atoms with Gasteiger partial charge in [0.2, 0.25) is 0 Å². The highest BCUT2D eigenvalue weighted by Crippen LogP contribution is 2.18. The van der Waals surface area contributed by atoms with E-state index in [4.69, 9.17) is 9.47 Å². The molecule has 5 nitrogen and oxygen atoms in total. The molecule has 0 spiro atoms. The summed E-state index contributed by atoms with van der Waals surface area (Å²) in [6.45, 7) is 2.12. The van der Waals surface area contributed by atoms with Crippen molar-refractivity contribution in [2.45, 2.75) is 18.9 Å². The molecule has 1 aromatic carbocycles. The van der Waals surface area contributed by atoms with Crippen LogP contribution in [0.15, 0.2) is 29.3 Å². The number of hydrogen-bond acceptors (Lipinski definition) is 5. The summed E-state index contributed by atoms with van der Waals surface area (Å²) in [6.07, 6.45) is 2.31. The van der Waals surface area contributed by atoms with E-state index < -0.39 is 0 Å². The molecule has 1 N–H and O–H groups in total. The van der Waals surface area contributed by atoms with Crippen molar-refractivity contribution in [3.63, 3.8) is 0 Å². The maximum Gasteiger partial charge on any atom is 0.257 e. The van der Waals surface area contributed by atoms with Gasteiger partial charge < -0.3 is 14.8 Å². The summed E-state index contributed by atoms with van der Waals surface area (Å²) in [4.78, 5) is 16.3. The van der Waals surface area contributed by atoms with Crippen LogP contribution in [0.4, 0.5) is 0 Å². The molecular weight excluding hydrogens is 288 g/mol. The highest BCUT2D eigenvalue weighted by Gasteiger charge is 2.17. The SMILES string of the molecule is O=C(NC1=NCCS1)c1cccc(OCC2CCCO2)c1. The van der Waals surface area contributed by atoms with Crippen molar-refractivity contribution >= 4 is 22.8 Å². The minimum Gasteiger partial charge on any atom is -0.491 e. The Labute approximate surface area is 128 Å². The van der Waals surface area contributed by atoms with Crippen molar-refractivity contribution in [2.75, 3.05) is 25.5 Å². The van der Waals surface area contributed by atoms with E-state index in [1.807, 2.05) is 12.1 Å². The molecule has 0 aromatic heterocycles. The van der Waals surface area contributed by atoms with Crippen LogP contribution in [0.25, 0.3) is 0 Å². The number of amides is 1. The predicted molar refractivity (Wildman–Crippen MR) is 83.1 cm³/mol. The third-order valence-corrected chi connectivity index (χ3v) is 4.25. The number of hydrogen-bond donors (Lipinski definition) is 1. The third kappa shape index (κ3) is 3.98. The summed E-state index contributed by atoms with van der Waals surface area (Å²) < 4.78 is 11.2. The molecule has 2 aliphatic heterocycles. The largest absolute Gasteiger partial charge is 0.491 e. The second kappa shape index (κ2) is 6.95. The standard InChI is InChI=1S/C15H18N2O3S/c18-14(17-15-16-6-8-21-15)11-3-1-4-12(9-11)20-10-13-5-2-7-19-13/h1,3-4,9,13H,2,5-8,10H2,(H,16,17,18). The lowest BCUT2D eigenvalue weighted by Gasteiger charge is -2.12. The van der Waals surface area contributed by atoms with Crippen molar-refractivity contribution in [3.05, 3.63) is 29.8 Å². The second-order valence-corrected chi connectivity index (χ2v) is 6.05. The van der Waals surface area contributed by atoms with E-state index in [0.29, 0.717) is 23.1 Å². The predicted octanol–water partition coefficient (Wildman–Crippen LogP) is 2.08. The molecule has 21 heavy (non-hydrogen) atoms. The molecule has 0 radical (unpaired) electrons. The number of carbonyl (C=O) groups excluding carboxylic acids is 1. The van der Waals surface area contributed by atoms with Crippen LogP contribution >= 0.6 is 11.8 Å². The molecule has 0 aliphatic carbocycles. The molecule has 1 atom stereocenters. The zero-order valence-electron chi connectivity index (χ0n) is 11.7. The molecule has 2 aliphatic rings. The minimum atomic E-state index is -0.147. The van der Waals surface area contributed by atoms with E-state index in [2.05, 4.69) is 10.3 Å².